The van der Waals surface area contributed by atoms with E-state index in [1.165, 1.54) is 0 Å². The molecule has 1 aromatic carbocycles. The van der Waals surface area contributed by atoms with E-state index < -0.39 is 0 Å². The largest absolute Gasteiger partial charge is 0.326 e. The molecule has 0 spiro atoms. The normalized spacial score (nSPS) is 10.3. The molecule has 4 nitrogen and oxygen atoms in total. The fourth-order valence-electron chi connectivity index (χ4n) is 2.05. The Balaban J connectivity index is 2.28. The Morgan fingerprint density at radius 3 is 2.65 bits per heavy atom. The Labute approximate surface area is 119 Å². The molecule has 1 amide bonds. The van der Waals surface area contributed by atoms with Gasteiger partial charge in [0.2, 0.25) is 0 Å². The smallest absolute Gasteiger partial charge is 0.276 e. The number of amides is 1. The summed E-state index contributed by atoms with van der Waals surface area (Å²) in [6.45, 7) is 4.99. The molecule has 0 bridgehead atoms. The highest BCUT2D eigenvalue weighted by Gasteiger charge is 2.17. The van der Waals surface area contributed by atoms with E-state index in [2.05, 4.69) is 4.98 Å². The molecule has 0 saturated heterocycles. The average Bonchev–Trinajstić information content (AvgIpc) is 2.48. The summed E-state index contributed by atoms with van der Waals surface area (Å²) in [7, 11) is 0. The maximum Gasteiger partial charge on any atom is 0.276 e. The lowest BCUT2D eigenvalue weighted by atomic mass is 10.2. The maximum atomic E-state index is 12.5. The molecule has 0 unspecified atom stereocenters. The minimum atomic E-state index is -0.0957. The number of rotatable bonds is 4. The second-order valence-electron chi connectivity index (χ2n) is 4.64. The van der Waals surface area contributed by atoms with Crippen LogP contribution in [0.1, 0.15) is 28.5 Å². The van der Waals surface area contributed by atoms with Crippen molar-refractivity contribution in [3.8, 4) is 0 Å². The zero-order valence-electron chi connectivity index (χ0n) is 11.8. The molecule has 20 heavy (non-hydrogen) atoms. The predicted molar refractivity (Wildman–Crippen MR) is 80.7 cm³/mol. The molecule has 4 heteroatoms. The minimum Gasteiger partial charge on any atom is -0.326 e. The Bertz CT molecular complexity index is 593. The second-order valence-corrected chi connectivity index (χ2v) is 4.64. The highest BCUT2D eigenvalue weighted by molar-refractivity contribution is 6.04. The molecule has 0 aliphatic rings. The second kappa shape index (κ2) is 6.30. The first-order valence-electron chi connectivity index (χ1n) is 6.69. The van der Waals surface area contributed by atoms with Crippen LogP contribution in [0.4, 0.5) is 5.69 Å². The van der Waals surface area contributed by atoms with Crippen molar-refractivity contribution < 1.29 is 4.79 Å². The lowest BCUT2D eigenvalue weighted by molar-refractivity contribution is 0.0983. The summed E-state index contributed by atoms with van der Waals surface area (Å²) in [5, 5.41) is 0. The number of nitrogens with two attached hydrogens (primary N) is 1. The summed E-state index contributed by atoms with van der Waals surface area (Å²) in [6, 6.07) is 11.5. The van der Waals surface area contributed by atoms with Crippen molar-refractivity contribution in [1.82, 2.24) is 4.98 Å². The van der Waals surface area contributed by atoms with Crippen LogP contribution in [0.15, 0.2) is 42.6 Å². The van der Waals surface area contributed by atoms with E-state index in [4.69, 9.17) is 5.73 Å². The predicted octanol–water partition coefficient (Wildman–Crippen LogP) is 2.52. The molecule has 0 radical (unpaired) electrons. The summed E-state index contributed by atoms with van der Waals surface area (Å²) < 4.78 is 0. The number of anilines is 1. The summed E-state index contributed by atoms with van der Waals surface area (Å²) >= 11 is 0. The van der Waals surface area contributed by atoms with Crippen LogP contribution in [0.2, 0.25) is 0 Å². The zero-order chi connectivity index (χ0) is 14.5. The van der Waals surface area contributed by atoms with E-state index in [0.29, 0.717) is 18.8 Å². The third kappa shape index (κ3) is 3.03. The monoisotopic (exact) mass is 269 g/mol. The molecule has 0 atom stereocenters. The van der Waals surface area contributed by atoms with Crippen molar-refractivity contribution in [3.63, 3.8) is 0 Å². The number of hydrogen-bond acceptors (Lipinski definition) is 3. The fraction of sp³-hybridized carbons (Fsp3) is 0.250. The molecule has 2 aromatic rings. The van der Waals surface area contributed by atoms with Crippen molar-refractivity contribution in [3.05, 3.63) is 59.4 Å². The lowest BCUT2D eigenvalue weighted by Crippen LogP contribution is -2.31. The van der Waals surface area contributed by atoms with Gasteiger partial charge in [-0.3, -0.25) is 9.78 Å². The Kier molecular flexibility index (Phi) is 4.48. The van der Waals surface area contributed by atoms with Gasteiger partial charge in [-0.1, -0.05) is 18.2 Å². The molecular weight excluding hydrogens is 250 g/mol. The summed E-state index contributed by atoms with van der Waals surface area (Å²) in [5.41, 5.74) is 8.90. The van der Waals surface area contributed by atoms with Gasteiger partial charge in [-0.2, -0.15) is 0 Å². The molecule has 1 aromatic heterocycles. The number of carbonyl (C=O) groups is 1. The van der Waals surface area contributed by atoms with Gasteiger partial charge in [-0.05, 0) is 43.2 Å². The topological polar surface area (TPSA) is 59.2 Å². The number of pyridine rings is 1. The number of carbonyl (C=O) groups excluding carboxylic acids is 1. The molecule has 1 heterocycles. The van der Waals surface area contributed by atoms with E-state index in [1.54, 1.807) is 17.2 Å². The van der Waals surface area contributed by atoms with Gasteiger partial charge in [0, 0.05) is 25.0 Å². The van der Waals surface area contributed by atoms with Gasteiger partial charge in [0.05, 0.1) is 0 Å². The number of aromatic nitrogens is 1. The van der Waals surface area contributed by atoms with Crippen LogP contribution in [0, 0.1) is 6.92 Å². The van der Waals surface area contributed by atoms with Crippen molar-refractivity contribution >= 4 is 11.6 Å². The van der Waals surface area contributed by atoms with Gasteiger partial charge in [0.1, 0.15) is 5.69 Å². The van der Waals surface area contributed by atoms with Crippen molar-refractivity contribution in [2.45, 2.75) is 20.4 Å². The van der Waals surface area contributed by atoms with Crippen molar-refractivity contribution in [1.29, 1.82) is 0 Å². The van der Waals surface area contributed by atoms with E-state index in [9.17, 15) is 4.79 Å². The molecular formula is C16H19N3O. The Morgan fingerprint density at radius 1 is 1.30 bits per heavy atom. The van der Waals surface area contributed by atoms with Gasteiger partial charge >= 0.3 is 0 Å². The summed E-state index contributed by atoms with van der Waals surface area (Å²) in [5.74, 6) is -0.0957. The molecule has 0 fully saturated rings. The molecule has 0 aliphatic carbocycles. The Hall–Kier alpha value is -2.20. The molecule has 0 aliphatic heterocycles. The van der Waals surface area contributed by atoms with Gasteiger partial charge in [0.25, 0.3) is 5.91 Å². The van der Waals surface area contributed by atoms with E-state index in [1.807, 2.05) is 44.2 Å². The van der Waals surface area contributed by atoms with Crippen LogP contribution in [0.25, 0.3) is 0 Å². The first-order valence-corrected chi connectivity index (χ1v) is 6.69. The van der Waals surface area contributed by atoms with Gasteiger partial charge in [0.15, 0.2) is 0 Å². The molecule has 2 rings (SSSR count). The standard InChI is InChI=1S/C16H19N3O/c1-3-19(14-6-4-5-12(2)9-14)16(20)15-8-7-13(10-17)11-18-15/h4-9,11H,3,10,17H2,1-2H3. The van der Waals surface area contributed by atoms with Crippen LogP contribution in [0.5, 0.6) is 0 Å². The summed E-state index contributed by atoms with van der Waals surface area (Å²) in [6.07, 6.45) is 1.65. The highest BCUT2D eigenvalue weighted by Crippen LogP contribution is 2.18. The number of benzene rings is 1. The van der Waals surface area contributed by atoms with Crippen LogP contribution in [-0.4, -0.2) is 17.4 Å². The van der Waals surface area contributed by atoms with Crippen molar-refractivity contribution in [2.24, 2.45) is 5.73 Å². The maximum absolute atomic E-state index is 12.5. The fourth-order valence-corrected chi connectivity index (χ4v) is 2.05. The molecule has 104 valence electrons. The first kappa shape index (κ1) is 14.2. The summed E-state index contributed by atoms with van der Waals surface area (Å²) in [4.78, 5) is 18.4. The third-order valence-corrected chi connectivity index (χ3v) is 3.15. The number of hydrogen-bond donors (Lipinski definition) is 1. The van der Waals surface area contributed by atoms with Gasteiger partial charge < -0.3 is 10.6 Å². The van der Waals surface area contributed by atoms with Gasteiger partial charge in [-0.25, -0.2) is 0 Å². The number of nitrogens with zero attached hydrogens (tertiary/aromatic N) is 2. The van der Waals surface area contributed by atoms with Crippen LogP contribution < -0.4 is 10.6 Å². The zero-order valence-corrected chi connectivity index (χ0v) is 11.8. The third-order valence-electron chi connectivity index (χ3n) is 3.15. The average molecular weight is 269 g/mol. The van der Waals surface area contributed by atoms with E-state index in [-0.39, 0.29) is 5.91 Å². The first-order chi connectivity index (χ1) is 9.65. The molecule has 2 N–H and O–H groups in total. The van der Waals surface area contributed by atoms with Crippen LogP contribution in [-0.2, 0) is 6.54 Å². The quantitative estimate of drug-likeness (QED) is 0.927. The van der Waals surface area contributed by atoms with E-state index >= 15 is 0 Å². The lowest BCUT2D eigenvalue weighted by Gasteiger charge is -2.21. The SMILES string of the molecule is CCN(C(=O)c1ccc(CN)cn1)c1cccc(C)c1. The molecule has 0 saturated carbocycles. The Morgan fingerprint density at radius 2 is 2.10 bits per heavy atom. The minimum absolute atomic E-state index is 0.0957. The van der Waals surface area contributed by atoms with E-state index in [0.717, 1.165) is 16.8 Å². The van der Waals surface area contributed by atoms with Gasteiger partial charge in [-0.15, -0.1) is 0 Å². The highest BCUT2D eigenvalue weighted by atomic mass is 16.2. The van der Waals surface area contributed by atoms with Crippen LogP contribution >= 0.6 is 0 Å². The van der Waals surface area contributed by atoms with Crippen LogP contribution in [0.3, 0.4) is 0 Å². The van der Waals surface area contributed by atoms with Crippen molar-refractivity contribution in [2.75, 3.05) is 11.4 Å². The number of aryl methyl sites for hydroxylation is 1.